The molecule has 1 aliphatic rings. The van der Waals surface area contributed by atoms with Crippen molar-refractivity contribution < 1.29 is 9.53 Å². The van der Waals surface area contributed by atoms with Crippen molar-refractivity contribution in [2.45, 2.75) is 13.8 Å². The standard InChI is InChI=1S/C15H18N2O2S2/c1-4-17(5-2)11-7-6-10(12(9-11)19-3)8-13-14(18)16-15(20)21-13/h6-9H,4-5H2,1-3H3,(H,16,18,20)/b13-8-. The van der Waals surface area contributed by atoms with E-state index < -0.39 is 0 Å². The molecule has 4 nitrogen and oxygen atoms in total. The van der Waals surface area contributed by atoms with E-state index in [1.165, 1.54) is 11.8 Å². The summed E-state index contributed by atoms with van der Waals surface area (Å²) in [6.07, 6.45) is 1.81. The Kier molecular flexibility index (Phi) is 5.25. The maximum absolute atomic E-state index is 11.7. The number of thioether (sulfide) groups is 1. The van der Waals surface area contributed by atoms with Crippen LogP contribution in [0.5, 0.6) is 5.75 Å². The van der Waals surface area contributed by atoms with Gasteiger partial charge in [0.2, 0.25) is 0 Å². The zero-order valence-corrected chi connectivity index (χ0v) is 13.9. The highest BCUT2D eigenvalue weighted by Gasteiger charge is 2.22. The van der Waals surface area contributed by atoms with Gasteiger partial charge in [-0.05, 0) is 32.1 Å². The molecule has 0 saturated carbocycles. The van der Waals surface area contributed by atoms with E-state index in [0.29, 0.717) is 9.23 Å². The van der Waals surface area contributed by atoms with Gasteiger partial charge in [0.15, 0.2) is 0 Å². The van der Waals surface area contributed by atoms with Gasteiger partial charge < -0.3 is 15.0 Å². The van der Waals surface area contributed by atoms with Crippen LogP contribution in [0, 0.1) is 0 Å². The molecule has 0 atom stereocenters. The predicted molar refractivity (Wildman–Crippen MR) is 92.9 cm³/mol. The van der Waals surface area contributed by atoms with E-state index >= 15 is 0 Å². The lowest BCUT2D eigenvalue weighted by Crippen LogP contribution is -2.21. The number of benzene rings is 1. The van der Waals surface area contributed by atoms with Gasteiger partial charge in [0.1, 0.15) is 10.1 Å². The number of thiocarbonyl (C=S) groups is 1. The van der Waals surface area contributed by atoms with Crippen LogP contribution in [0.15, 0.2) is 23.1 Å². The smallest absolute Gasteiger partial charge is 0.263 e. The fraction of sp³-hybridized carbons (Fsp3) is 0.333. The molecule has 0 radical (unpaired) electrons. The molecule has 112 valence electrons. The molecule has 1 fully saturated rings. The third-order valence-electron chi connectivity index (χ3n) is 3.27. The minimum Gasteiger partial charge on any atom is -0.496 e. The normalized spacial score (nSPS) is 16.2. The SMILES string of the molecule is CCN(CC)c1ccc(/C=C2\SC(=S)NC2=O)c(OC)c1. The lowest BCUT2D eigenvalue weighted by Gasteiger charge is -2.22. The molecule has 1 aromatic carbocycles. The molecule has 21 heavy (non-hydrogen) atoms. The van der Waals surface area contributed by atoms with Crippen LogP contribution in [0.2, 0.25) is 0 Å². The first-order valence-corrected chi connectivity index (χ1v) is 7.99. The maximum atomic E-state index is 11.7. The van der Waals surface area contributed by atoms with Gasteiger partial charge in [-0.1, -0.05) is 24.0 Å². The van der Waals surface area contributed by atoms with Crippen molar-refractivity contribution in [2.24, 2.45) is 0 Å². The van der Waals surface area contributed by atoms with Crippen molar-refractivity contribution in [3.8, 4) is 5.75 Å². The number of hydrogen-bond donors (Lipinski definition) is 1. The molecular formula is C15H18N2O2S2. The van der Waals surface area contributed by atoms with Gasteiger partial charge in [-0.3, -0.25) is 4.79 Å². The van der Waals surface area contributed by atoms with E-state index in [1.807, 2.05) is 24.3 Å². The van der Waals surface area contributed by atoms with Gasteiger partial charge >= 0.3 is 0 Å². The summed E-state index contributed by atoms with van der Waals surface area (Å²) in [6, 6.07) is 6.00. The second-order valence-electron chi connectivity index (χ2n) is 4.45. The first-order valence-electron chi connectivity index (χ1n) is 6.76. The van der Waals surface area contributed by atoms with Gasteiger partial charge in [-0.2, -0.15) is 0 Å². The number of carbonyl (C=O) groups is 1. The molecule has 1 aromatic rings. The van der Waals surface area contributed by atoms with Crippen LogP contribution in [0.4, 0.5) is 5.69 Å². The molecule has 0 spiro atoms. The van der Waals surface area contributed by atoms with Crippen LogP contribution in [-0.2, 0) is 4.79 Å². The molecular weight excluding hydrogens is 304 g/mol. The number of amides is 1. The minimum absolute atomic E-state index is 0.153. The summed E-state index contributed by atoms with van der Waals surface area (Å²) in [7, 11) is 1.63. The van der Waals surface area contributed by atoms with E-state index in [4.69, 9.17) is 17.0 Å². The largest absolute Gasteiger partial charge is 0.496 e. The zero-order chi connectivity index (χ0) is 15.4. The number of nitrogens with zero attached hydrogens (tertiary/aromatic N) is 1. The van der Waals surface area contributed by atoms with E-state index in [0.717, 1.165) is 30.1 Å². The highest BCUT2D eigenvalue weighted by molar-refractivity contribution is 8.26. The minimum atomic E-state index is -0.153. The van der Waals surface area contributed by atoms with Crippen LogP contribution in [0.25, 0.3) is 6.08 Å². The summed E-state index contributed by atoms with van der Waals surface area (Å²) in [4.78, 5) is 14.6. The van der Waals surface area contributed by atoms with E-state index in [-0.39, 0.29) is 5.91 Å². The molecule has 0 aromatic heterocycles. The Hall–Kier alpha value is -1.53. The van der Waals surface area contributed by atoms with E-state index in [1.54, 1.807) is 7.11 Å². The van der Waals surface area contributed by atoms with Gasteiger partial charge in [0.25, 0.3) is 5.91 Å². The maximum Gasteiger partial charge on any atom is 0.263 e. The summed E-state index contributed by atoms with van der Waals surface area (Å²) in [6.45, 7) is 6.11. The average Bonchev–Trinajstić information content (AvgIpc) is 2.79. The van der Waals surface area contributed by atoms with Crippen molar-refractivity contribution in [2.75, 3.05) is 25.1 Å². The molecule has 1 heterocycles. The lowest BCUT2D eigenvalue weighted by atomic mass is 10.1. The third-order valence-corrected chi connectivity index (χ3v) is 4.44. The highest BCUT2D eigenvalue weighted by atomic mass is 32.2. The molecule has 0 aliphatic carbocycles. The lowest BCUT2D eigenvalue weighted by molar-refractivity contribution is -0.115. The predicted octanol–water partition coefficient (Wildman–Crippen LogP) is 3.03. The van der Waals surface area contributed by atoms with E-state index in [9.17, 15) is 4.79 Å². The molecule has 1 N–H and O–H groups in total. The number of carbonyl (C=O) groups excluding carboxylic acids is 1. The third kappa shape index (κ3) is 3.57. The second-order valence-corrected chi connectivity index (χ2v) is 6.17. The molecule has 1 saturated heterocycles. The average molecular weight is 322 g/mol. The number of methoxy groups -OCH3 is 1. The monoisotopic (exact) mass is 322 g/mol. The van der Waals surface area contributed by atoms with Gasteiger partial charge in [-0.15, -0.1) is 0 Å². The fourth-order valence-corrected chi connectivity index (χ4v) is 3.20. The molecule has 2 rings (SSSR count). The Morgan fingerprint density at radius 2 is 2.10 bits per heavy atom. The quantitative estimate of drug-likeness (QED) is 0.667. The van der Waals surface area contributed by atoms with E-state index in [2.05, 4.69) is 24.1 Å². The fourth-order valence-electron chi connectivity index (χ4n) is 2.17. The number of rotatable bonds is 5. The van der Waals surface area contributed by atoms with Gasteiger partial charge in [0, 0.05) is 30.4 Å². The number of ether oxygens (including phenoxy) is 1. The highest BCUT2D eigenvalue weighted by Crippen LogP contribution is 2.31. The molecule has 0 bridgehead atoms. The summed E-state index contributed by atoms with van der Waals surface area (Å²) in [5.74, 6) is 0.595. The van der Waals surface area contributed by atoms with Gasteiger partial charge in [0.05, 0.1) is 12.0 Å². The van der Waals surface area contributed by atoms with Crippen molar-refractivity contribution >= 4 is 46.0 Å². The molecule has 0 unspecified atom stereocenters. The number of nitrogens with one attached hydrogen (secondary N) is 1. The Bertz CT molecular complexity index is 595. The Labute approximate surface area is 134 Å². The Morgan fingerprint density at radius 3 is 2.62 bits per heavy atom. The summed E-state index contributed by atoms with van der Waals surface area (Å²) < 4.78 is 5.94. The van der Waals surface area contributed by atoms with Crippen LogP contribution >= 0.6 is 24.0 Å². The van der Waals surface area contributed by atoms with Gasteiger partial charge in [-0.25, -0.2) is 0 Å². The van der Waals surface area contributed by atoms with Crippen LogP contribution in [0.1, 0.15) is 19.4 Å². The first-order chi connectivity index (χ1) is 10.1. The van der Waals surface area contributed by atoms with Crippen molar-refractivity contribution in [3.63, 3.8) is 0 Å². The second kappa shape index (κ2) is 6.95. The number of hydrogen-bond acceptors (Lipinski definition) is 5. The summed E-state index contributed by atoms with van der Waals surface area (Å²) in [5.41, 5.74) is 1.98. The number of anilines is 1. The Balaban J connectivity index is 2.35. The van der Waals surface area contributed by atoms with Crippen LogP contribution in [-0.4, -0.2) is 30.4 Å². The molecule has 6 heteroatoms. The van der Waals surface area contributed by atoms with Crippen molar-refractivity contribution in [1.29, 1.82) is 0 Å². The van der Waals surface area contributed by atoms with Crippen molar-refractivity contribution in [3.05, 3.63) is 28.7 Å². The topological polar surface area (TPSA) is 41.6 Å². The van der Waals surface area contributed by atoms with Crippen LogP contribution < -0.4 is 15.0 Å². The first kappa shape index (κ1) is 15.9. The molecule has 1 amide bonds. The van der Waals surface area contributed by atoms with Crippen molar-refractivity contribution in [1.82, 2.24) is 5.32 Å². The van der Waals surface area contributed by atoms with Crippen LogP contribution in [0.3, 0.4) is 0 Å². The summed E-state index contributed by atoms with van der Waals surface area (Å²) >= 11 is 6.26. The Morgan fingerprint density at radius 1 is 1.38 bits per heavy atom. The molecule has 1 aliphatic heterocycles. The zero-order valence-electron chi connectivity index (χ0n) is 12.3. The summed E-state index contributed by atoms with van der Waals surface area (Å²) in [5, 5.41) is 2.61.